The molecule has 1 aliphatic rings. The molecule has 2 atom stereocenters. The number of ether oxygens (including phenoxy) is 1. The number of benzene rings is 1. The third-order valence-corrected chi connectivity index (χ3v) is 3.33. The molecule has 0 spiro atoms. The number of hydrogen-bond donors (Lipinski definition) is 1. The van der Waals surface area contributed by atoms with E-state index in [9.17, 15) is 9.50 Å². The average molecular weight is 289 g/mol. The van der Waals surface area contributed by atoms with E-state index >= 15 is 0 Å². The monoisotopic (exact) mass is 288 g/mol. The second-order valence-electron chi connectivity index (χ2n) is 4.08. The molecule has 4 heteroatoms. The Labute approximate surface area is 103 Å². The highest BCUT2D eigenvalue weighted by Crippen LogP contribution is 2.27. The summed E-state index contributed by atoms with van der Waals surface area (Å²) in [5.74, 6) is -0.179. The predicted octanol–water partition coefficient (Wildman–Crippen LogP) is 3.27. The van der Waals surface area contributed by atoms with Gasteiger partial charge < -0.3 is 9.84 Å². The first kappa shape index (κ1) is 11.9. The highest BCUT2D eigenvalue weighted by atomic mass is 79.9. The highest BCUT2D eigenvalue weighted by molar-refractivity contribution is 9.10. The van der Waals surface area contributed by atoms with Crippen LogP contribution in [0.5, 0.6) is 5.75 Å². The molecule has 2 nitrogen and oxygen atoms in total. The van der Waals surface area contributed by atoms with E-state index in [1.807, 2.05) is 0 Å². The standard InChI is InChI=1S/C12H14BrFO2/c13-8-5-6-9(14)12(7-8)16-11-4-2-1-3-10(11)15/h5-7,10-11,15H,1-4H2/t10-,11-/m1/s1. The highest BCUT2D eigenvalue weighted by Gasteiger charge is 2.25. The number of hydrogen-bond acceptors (Lipinski definition) is 2. The summed E-state index contributed by atoms with van der Waals surface area (Å²) in [5.41, 5.74) is 0. The molecule has 1 fully saturated rings. The number of aliphatic hydroxyl groups excluding tert-OH is 1. The molecule has 1 N–H and O–H groups in total. The topological polar surface area (TPSA) is 29.5 Å². The van der Waals surface area contributed by atoms with Gasteiger partial charge in [0.25, 0.3) is 0 Å². The Morgan fingerprint density at radius 2 is 2.06 bits per heavy atom. The van der Waals surface area contributed by atoms with Gasteiger partial charge in [-0.25, -0.2) is 4.39 Å². The molecule has 0 heterocycles. The SMILES string of the molecule is O[C@@H]1CCCC[C@H]1Oc1cc(Br)ccc1F. The van der Waals surface area contributed by atoms with Gasteiger partial charge in [0.15, 0.2) is 11.6 Å². The minimum absolute atomic E-state index is 0.209. The molecule has 88 valence electrons. The van der Waals surface area contributed by atoms with E-state index in [0.717, 1.165) is 30.2 Å². The van der Waals surface area contributed by atoms with Gasteiger partial charge in [-0.2, -0.15) is 0 Å². The Balaban J connectivity index is 2.10. The largest absolute Gasteiger partial charge is 0.485 e. The first-order valence-electron chi connectivity index (χ1n) is 5.46. The zero-order valence-electron chi connectivity index (χ0n) is 8.83. The van der Waals surface area contributed by atoms with Crippen LogP contribution in [0.15, 0.2) is 22.7 Å². The van der Waals surface area contributed by atoms with Crippen molar-refractivity contribution in [3.8, 4) is 5.75 Å². The lowest BCUT2D eigenvalue weighted by atomic mass is 9.95. The van der Waals surface area contributed by atoms with Crippen molar-refractivity contribution < 1.29 is 14.2 Å². The smallest absolute Gasteiger partial charge is 0.165 e. The second kappa shape index (κ2) is 5.15. The van der Waals surface area contributed by atoms with Crippen molar-refractivity contribution in [1.82, 2.24) is 0 Å². The van der Waals surface area contributed by atoms with Gasteiger partial charge in [0.05, 0.1) is 6.10 Å². The van der Waals surface area contributed by atoms with E-state index in [1.54, 1.807) is 12.1 Å². The normalized spacial score (nSPS) is 25.4. The molecule has 1 aliphatic carbocycles. The molecule has 1 saturated carbocycles. The van der Waals surface area contributed by atoms with Crippen molar-refractivity contribution in [3.63, 3.8) is 0 Å². The van der Waals surface area contributed by atoms with E-state index < -0.39 is 6.10 Å². The van der Waals surface area contributed by atoms with Gasteiger partial charge in [-0.1, -0.05) is 22.4 Å². The fourth-order valence-electron chi connectivity index (χ4n) is 1.95. The summed E-state index contributed by atoms with van der Waals surface area (Å²) in [4.78, 5) is 0. The summed E-state index contributed by atoms with van der Waals surface area (Å²) >= 11 is 3.27. The Bertz CT molecular complexity index is 370. The first-order chi connectivity index (χ1) is 7.66. The maximum absolute atomic E-state index is 13.4. The Morgan fingerprint density at radius 3 is 2.81 bits per heavy atom. The van der Waals surface area contributed by atoms with Crippen molar-refractivity contribution >= 4 is 15.9 Å². The van der Waals surface area contributed by atoms with E-state index in [0.29, 0.717) is 0 Å². The van der Waals surface area contributed by atoms with Gasteiger partial charge in [-0.3, -0.25) is 0 Å². The van der Waals surface area contributed by atoms with Gasteiger partial charge in [0, 0.05) is 4.47 Å². The van der Waals surface area contributed by atoms with Crippen LogP contribution in [0.25, 0.3) is 0 Å². The summed E-state index contributed by atoms with van der Waals surface area (Å²) in [6, 6.07) is 4.57. The molecule has 2 rings (SSSR count). The van der Waals surface area contributed by atoms with Crippen LogP contribution in [0.4, 0.5) is 4.39 Å². The molecule has 0 aromatic heterocycles. The number of rotatable bonds is 2. The van der Waals surface area contributed by atoms with E-state index in [-0.39, 0.29) is 17.7 Å². The summed E-state index contributed by atoms with van der Waals surface area (Å²) in [5, 5.41) is 9.73. The van der Waals surface area contributed by atoms with Gasteiger partial charge in [0.2, 0.25) is 0 Å². The molecular weight excluding hydrogens is 275 g/mol. The molecule has 1 aromatic rings. The Hall–Kier alpha value is -0.610. The molecular formula is C12H14BrFO2. The van der Waals surface area contributed by atoms with E-state index in [1.165, 1.54) is 6.07 Å². The summed E-state index contributed by atoms with van der Waals surface area (Å²) in [7, 11) is 0. The van der Waals surface area contributed by atoms with Crippen LogP contribution in [0.1, 0.15) is 25.7 Å². The van der Waals surface area contributed by atoms with Crippen molar-refractivity contribution in [1.29, 1.82) is 0 Å². The minimum Gasteiger partial charge on any atom is -0.485 e. The van der Waals surface area contributed by atoms with Gasteiger partial charge in [-0.05, 0) is 37.5 Å². The molecule has 0 aliphatic heterocycles. The van der Waals surface area contributed by atoms with Crippen molar-refractivity contribution in [2.24, 2.45) is 0 Å². The maximum Gasteiger partial charge on any atom is 0.165 e. The van der Waals surface area contributed by atoms with Crippen LogP contribution < -0.4 is 4.74 Å². The summed E-state index contributed by atoms with van der Waals surface area (Å²) in [6.07, 6.45) is 2.80. The van der Waals surface area contributed by atoms with E-state index in [4.69, 9.17) is 4.74 Å². The summed E-state index contributed by atoms with van der Waals surface area (Å²) in [6.45, 7) is 0. The maximum atomic E-state index is 13.4. The van der Waals surface area contributed by atoms with Crippen molar-refractivity contribution in [2.45, 2.75) is 37.9 Å². The lowest BCUT2D eigenvalue weighted by molar-refractivity contribution is 0.00496. The van der Waals surface area contributed by atoms with Gasteiger partial charge >= 0.3 is 0 Å². The number of aliphatic hydroxyl groups is 1. The fourth-order valence-corrected chi connectivity index (χ4v) is 2.29. The zero-order valence-corrected chi connectivity index (χ0v) is 10.4. The molecule has 0 saturated heterocycles. The quantitative estimate of drug-likeness (QED) is 0.905. The number of halogens is 2. The molecule has 16 heavy (non-hydrogen) atoms. The molecule has 0 amide bonds. The Morgan fingerprint density at radius 1 is 1.31 bits per heavy atom. The van der Waals surface area contributed by atoms with Gasteiger partial charge in [0.1, 0.15) is 6.10 Å². The third-order valence-electron chi connectivity index (χ3n) is 2.84. The van der Waals surface area contributed by atoms with Crippen LogP contribution in [0.3, 0.4) is 0 Å². The Kier molecular flexibility index (Phi) is 3.82. The molecule has 0 unspecified atom stereocenters. The summed E-state index contributed by atoms with van der Waals surface area (Å²) < 4.78 is 19.7. The average Bonchev–Trinajstić information content (AvgIpc) is 2.27. The minimum atomic E-state index is -0.480. The fraction of sp³-hybridized carbons (Fsp3) is 0.500. The van der Waals surface area contributed by atoms with Crippen LogP contribution >= 0.6 is 15.9 Å². The molecule has 0 radical (unpaired) electrons. The third kappa shape index (κ3) is 2.74. The lowest BCUT2D eigenvalue weighted by Gasteiger charge is -2.28. The zero-order chi connectivity index (χ0) is 11.5. The van der Waals surface area contributed by atoms with E-state index in [2.05, 4.69) is 15.9 Å². The van der Waals surface area contributed by atoms with Crippen LogP contribution in [0, 0.1) is 5.82 Å². The van der Waals surface area contributed by atoms with Gasteiger partial charge in [-0.15, -0.1) is 0 Å². The van der Waals surface area contributed by atoms with Crippen LogP contribution in [0.2, 0.25) is 0 Å². The predicted molar refractivity (Wildman–Crippen MR) is 63.0 cm³/mol. The molecule has 0 bridgehead atoms. The van der Waals surface area contributed by atoms with Crippen LogP contribution in [-0.2, 0) is 0 Å². The lowest BCUT2D eigenvalue weighted by Crippen LogP contribution is -2.34. The van der Waals surface area contributed by atoms with Crippen LogP contribution in [-0.4, -0.2) is 17.3 Å². The second-order valence-corrected chi connectivity index (χ2v) is 5.00. The van der Waals surface area contributed by atoms with Crippen molar-refractivity contribution in [3.05, 3.63) is 28.5 Å². The first-order valence-corrected chi connectivity index (χ1v) is 6.26. The molecule has 1 aromatic carbocycles. The van der Waals surface area contributed by atoms with Crippen molar-refractivity contribution in [2.75, 3.05) is 0 Å².